The molecule has 0 spiro atoms. The fraction of sp³-hybridized carbons (Fsp3) is 0.833. The largest absolute Gasteiger partial charge is 0.472 e. The van der Waals surface area contributed by atoms with E-state index in [2.05, 4.69) is 29.4 Å². The zero-order valence-electron chi connectivity index (χ0n) is 18.2. The van der Waals surface area contributed by atoms with Crippen LogP contribution in [0.15, 0.2) is 12.3 Å². The topological polar surface area (TPSA) is 119 Å². The van der Waals surface area contributed by atoms with Gasteiger partial charge in [-0.15, -0.1) is 0 Å². The molecule has 0 fully saturated rings. The predicted molar refractivity (Wildman–Crippen MR) is 104 cm³/mol. The molecule has 172 valence electrons. The zero-order chi connectivity index (χ0) is 22.4. The van der Waals surface area contributed by atoms with Crippen LogP contribution in [-0.2, 0) is 43.3 Å². The molecular weight excluding hydrogens is 407 g/mol. The molecule has 0 bridgehead atoms. The summed E-state index contributed by atoms with van der Waals surface area (Å²) in [5, 5.41) is 12.4. The molecule has 11 heteroatoms. The maximum Gasteiger partial charge on any atom is 0.472 e. The highest BCUT2D eigenvalue weighted by molar-refractivity contribution is 7.47. The van der Waals surface area contributed by atoms with Gasteiger partial charge in [0.25, 0.3) is 0 Å². The van der Waals surface area contributed by atoms with Crippen molar-refractivity contribution in [3.05, 3.63) is 12.3 Å². The van der Waals surface area contributed by atoms with Crippen LogP contribution in [0, 0.1) is 10.8 Å². The number of phosphoric ester groups is 1. The van der Waals surface area contributed by atoms with Crippen LogP contribution in [0.25, 0.3) is 0 Å². The van der Waals surface area contributed by atoms with E-state index in [4.69, 9.17) is 4.52 Å². The number of Topliss-reactive ketones (excluding diaryl/α,β-unsaturated/α-hetero) is 1. The lowest BCUT2D eigenvalue weighted by atomic mass is 9.88. The average molecular weight is 442 g/mol. The Labute approximate surface area is 172 Å². The van der Waals surface area contributed by atoms with Crippen molar-refractivity contribution in [3.8, 4) is 0 Å². The van der Waals surface area contributed by atoms with Crippen molar-refractivity contribution in [2.75, 3.05) is 19.8 Å². The maximum atomic E-state index is 11.7. The molecule has 1 unspecified atom stereocenters. The third kappa shape index (κ3) is 21.7. The summed E-state index contributed by atoms with van der Waals surface area (Å²) in [6, 6.07) is 0. The Balaban J connectivity index is 3.61. The summed E-state index contributed by atoms with van der Waals surface area (Å²) in [4.78, 5) is 30.2. The quantitative estimate of drug-likeness (QED) is 0.119. The molecular formula is C18H35O10P. The molecule has 0 saturated carbocycles. The van der Waals surface area contributed by atoms with E-state index in [-0.39, 0.29) is 36.4 Å². The third-order valence-corrected chi connectivity index (χ3v) is 4.04. The van der Waals surface area contributed by atoms with E-state index in [1.54, 1.807) is 6.08 Å². The van der Waals surface area contributed by atoms with Crippen LogP contribution in [0.5, 0.6) is 0 Å². The van der Waals surface area contributed by atoms with Gasteiger partial charge in [-0.25, -0.2) is 9.45 Å². The number of allylic oxidation sites excluding steroid dienone is 1. The number of hydrogen-bond acceptors (Lipinski definition) is 9. The maximum absolute atomic E-state index is 11.7. The smallest absolute Gasteiger partial charge is 0.314 e. The lowest BCUT2D eigenvalue weighted by molar-refractivity contribution is -0.700. The molecule has 0 aliphatic carbocycles. The van der Waals surface area contributed by atoms with E-state index in [1.165, 1.54) is 6.26 Å². The lowest BCUT2D eigenvalue weighted by Gasteiger charge is -2.16. The van der Waals surface area contributed by atoms with Crippen LogP contribution >= 0.6 is 7.82 Å². The monoisotopic (exact) mass is 442 g/mol. The van der Waals surface area contributed by atoms with Gasteiger partial charge < -0.3 is 9.78 Å². The van der Waals surface area contributed by atoms with Crippen LogP contribution in [0.4, 0.5) is 0 Å². The van der Waals surface area contributed by atoms with Crippen molar-refractivity contribution < 1.29 is 48.2 Å². The predicted octanol–water partition coefficient (Wildman–Crippen LogP) is 4.60. The Morgan fingerprint density at radius 2 is 1.59 bits per heavy atom. The average Bonchev–Trinajstić information content (AvgIpc) is 2.53. The minimum absolute atomic E-state index is 0.00427. The normalized spacial score (nSPS) is 14.9. The fourth-order valence-electron chi connectivity index (χ4n) is 1.84. The second-order valence-electron chi connectivity index (χ2n) is 8.66. The van der Waals surface area contributed by atoms with Gasteiger partial charge in [0, 0.05) is 22.9 Å². The van der Waals surface area contributed by atoms with E-state index in [0.717, 1.165) is 0 Å². The van der Waals surface area contributed by atoms with Crippen molar-refractivity contribution in [1.29, 1.82) is 0 Å². The Morgan fingerprint density at radius 1 is 0.931 bits per heavy atom. The first-order valence-corrected chi connectivity index (χ1v) is 10.9. The zero-order valence-corrected chi connectivity index (χ0v) is 19.1. The van der Waals surface area contributed by atoms with E-state index in [0.29, 0.717) is 25.7 Å². The van der Waals surface area contributed by atoms with Crippen LogP contribution < -0.4 is 0 Å². The first kappa shape index (κ1) is 28.2. The Morgan fingerprint density at radius 3 is 2.21 bits per heavy atom. The van der Waals surface area contributed by atoms with Crippen molar-refractivity contribution in [3.63, 3.8) is 0 Å². The molecule has 0 aromatic heterocycles. The summed E-state index contributed by atoms with van der Waals surface area (Å²) in [6.45, 7) is 11.4. The molecule has 0 rings (SSSR count). The van der Waals surface area contributed by atoms with Gasteiger partial charge >= 0.3 is 7.82 Å². The summed E-state index contributed by atoms with van der Waals surface area (Å²) < 4.78 is 21.1. The highest BCUT2D eigenvalue weighted by atomic mass is 31.2. The molecule has 1 N–H and O–H groups in total. The molecule has 10 nitrogen and oxygen atoms in total. The Hall–Kier alpha value is -0.840. The fourth-order valence-corrected chi connectivity index (χ4v) is 2.58. The molecule has 0 aliphatic heterocycles. The van der Waals surface area contributed by atoms with Crippen LogP contribution in [0.2, 0.25) is 0 Å². The summed E-state index contributed by atoms with van der Waals surface area (Å²) in [5.41, 5.74) is -0.121. The van der Waals surface area contributed by atoms with Crippen molar-refractivity contribution in [1.82, 2.24) is 0 Å². The second-order valence-corrected chi connectivity index (χ2v) is 10.1. The number of hydrogen-bond donors (Lipinski definition) is 1. The van der Waals surface area contributed by atoms with Gasteiger partial charge in [-0.05, 0) is 34.8 Å². The highest BCUT2D eigenvalue weighted by Crippen LogP contribution is 2.43. The molecule has 0 aliphatic rings. The summed E-state index contributed by atoms with van der Waals surface area (Å²) in [7, 11) is -4.20. The molecule has 0 amide bonds. The van der Waals surface area contributed by atoms with E-state index >= 15 is 0 Å². The molecule has 1 atom stereocenters. The van der Waals surface area contributed by atoms with Gasteiger partial charge in [0.1, 0.15) is 18.7 Å². The molecule has 0 aromatic carbocycles. The number of unbranched alkanes of at least 4 members (excludes halogenated alkanes) is 1. The number of carbonyl (C=O) groups is 1. The van der Waals surface area contributed by atoms with Crippen LogP contribution in [-0.4, -0.2) is 30.5 Å². The second kappa shape index (κ2) is 14.2. The van der Waals surface area contributed by atoms with E-state index < -0.39 is 7.82 Å². The lowest BCUT2D eigenvalue weighted by Crippen LogP contribution is -2.12. The van der Waals surface area contributed by atoms with Gasteiger partial charge in [-0.2, -0.15) is 0 Å². The summed E-state index contributed by atoms with van der Waals surface area (Å²) in [6.07, 6.45) is 4.97. The van der Waals surface area contributed by atoms with Gasteiger partial charge in [0.05, 0.1) is 13.2 Å². The highest BCUT2D eigenvalue weighted by Gasteiger charge is 2.21. The molecule has 0 radical (unpaired) electrons. The molecule has 0 saturated heterocycles. The summed E-state index contributed by atoms with van der Waals surface area (Å²) >= 11 is 0. The third-order valence-electron chi connectivity index (χ3n) is 3.02. The summed E-state index contributed by atoms with van der Waals surface area (Å²) in [5.74, 6) is 0.167. The van der Waals surface area contributed by atoms with Gasteiger partial charge in [-0.1, -0.05) is 41.5 Å². The molecule has 29 heavy (non-hydrogen) atoms. The van der Waals surface area contributed by atoms with Crippen molar-refractivity contribution >= 4 is 13.6 Å². The minimum atomic E-state index is -4.20. The van der Waals surface area contributed by atoms with Gasteiger partial charge in [0.2, 0.25) is 0 Å². The standard InChI is InChI=1S/C18H35O10P/c1-17(2,3)10-12-22-26-28-27-23-13-14-25-29(20,21)24-11-8-7-9-16(19)15-18(4,5)6/h10,12H,7-9,11,13-15H2,1-6H3,(H,20,21)/b12-10+. The van der Waals surface area contributed by atoms with E-state index in [1.807, 2.05) is 41.5 Å². The minimum Gasteiger partial charge on any atom is -0.314 e. The number of phosphoric acid groups is 1. The Bertz CT molecular complexity index is 522. The SMILES string of the molecule is CC(C)(C)/C=C/OOOOOCCOP(=O)(O)OCCCCC(=O)CC(C)(C)C. The van der Waals surface area contributed by atoms with E-state index in [9.17, 15) is 14.3 Å². The van der Waals surface area contributed by atoms with Crippen molar-refractivity contribution in [2.24, 2.45) is 10.8 Å². The first-order chi connectivity index (χ1) is 13.3. The van der Waals surface area contributed by atoms with Gasteiger partial charge in [-0.3, -0.25) is 13.8 Å². The number of carbonyl (C=O) groups excluding carboxylic acids is 1. The number of ketones is 1. The molecule has 0 aromatic rings. The van der Waals surface area contributed by atoms with Crippen molar-refractivity contribution in [2.45, 2.75) is 67.2 Å². The molecule has 0 heterocycles. The van der Waals surface area contributed by atoms with Crippen LogP contribution in [0.3, 0.4) is 0 Å². The first-order valence-electron chi connectivity index (χ1n) is 9.40. The number of rotatable bonds is 16. The van der Waals surface area contributed by atoms with Gasteiger partial charge in [0.15, 0.2) is 0 Å². The Kier molecular flexibility index (Phi) is 13.8. The van der Waals surface area contributed by atoms with Crippen LogP contribution in [0.1, 0.15) is 67.2 Å².